The van der Waals surface area contributed by atoms with Gasteiger partial charge in [-0.05, 0) is 41.1 Å². The maximum atomic E-state index is 12.3. The van der Waals surface area contributed by atoms with Gasteiger partial charge in [0, 0.05) is 15.0 Å². The van der Waals surface area contributed by atoms with Gasteiger partial charge in [-0.15, -0.1) is 0 Å². The highest BCUT2D eigenvalue weighted by Gasteiger charge is 2.24. The minimum Gasteiger partial charge on any atom is -0.475 e. The van der Waals surface area contributed by atoms with Crippen LogP contribution in [0.4, 0.5) is 5.69 Å². The number of aromatic carboxylic acids is 1. The summed E-state index contributed by atoms with van der Waals surface area (Å²) in [7, 11) is -3.95. The van der Waals surface area contributed by atoms with Crippen LogP contribution in [0.15, 0.2) is 42.5 Å². The molecule has 1 aromatic heterocycles. The Balaban J connectivity index is 2.43. The van der Waals surface area contributed by atoms with Gasteiger partial charge in [0.1, 0.15) is 10.7 Å². The van der Waals surface area contributed by atoms with E-state index >= 15 is 0 Å². The van der Waals surface area contributed by atoms with Crippen LogP contribution in [0, 0.1) is 6.92 Å². The lowest BCUT2D eigenvalue weighted by Gasteiger charge is -2.09. The van der Waals surface area contributed by atoms with Crippen molar-refractivity contribution >= 4 is 53.5 Å². The van der Waals surface area contributed by atoms with Crippen molar-refractivity contribution < 1.29 is 22.7 Å². The molecule has 0 unspecified atom stereocenters. The highest BCUT2D eigenvalue weighted by molar-refractivity contribution is 9.11. The molecule has 0 saturated heterocycles. The van der Waals surface area contributed by atoms with E-state index in [0.29, 0.717) is 14.6 Å². The van der Waals surface area contributed by atoms with Crippen LogP contribution in [0.25, 0.3) is 0 Å². The highest BCUT2D eigenvalue weighted by Crippen LogP contribution is 2.29. The van der Waals surface area contributed by atoms with Crippen molar-refractivity contribution in [1.29, 1.82) is 0 Å². The van der Waals surface area contributed by atoms with Gasteiger partial charge in [-0.1, -0.05) is 15.9 Å². The maximum Gasteiger partial charge on any atom is 0.371 e. The van der Waals surface area contributed by atoms with Gasteiger partial charge in [-0.2, -0.15) is 0 Å². The second-order valence-corrected chi connectivity index (χ2v) is 7.49. The lowest BCUT2D eigenvalue weighted by Crippen LogP contribution is -2.13. The molecule has 0 atom stereocenters. The van der Waals surface area contributed by atoms with Crippen LogP contribution >= 0.6 is 31.9 Å². The number of anilines is 1. The van der Waals surface area contributed by atoms with Crippen molar-refractivity contribution in [3.63, 3.8) is 0 Å². The summed E-state index contributed by atoms with van der Waals surface area (Å²) in [4.78, 5) is 10.6. The topological polar surface area (TPSA) is 96.6 Å². The van der Waals surface area contributed by atoms with Gasteiger partial charge in [0.2, 0.25) is 5.76 Å². The number of carboxylic acids is 1. The first kappa shape index (κ1) is 16.1. The van der Waals surface area contributed by atoms with Crippen molar-refractivity contribution in [2.45, 2.75) is 11.8 Å². The maximum absolute atomic E-state index is 12.3. The van der Waals surface area contributed by atoms with Crippen LogP contribution in [0.3, 0.4) is 0 Å². The summed E-state index contributed by atoms with van der Waals surface area (Å²) in [5.41, 5.74) is 0.321. The monoisotopic (exact) mass is 437 g/mol. The fourth-order valence-electron chi connectivity index (χ4n) is 1.61. The van der Waals surface area contributed by atoms with E-state index in [1.807, 2.05) is 0 Å². The summed E-state index contributed by atoms with van der Waals surface area (Å²) in [6.45, 7) is 1.39. The molecule has 9 heteroatoms. The Morgan fingerprint density at radius 2 is 1.95 bits per heavy atom. The minimum absolute atomic E-state index is 0.00557. The van der Waals surface area contributed by atoms with Gasteiger partial charge in [-0.3, -0.25) is 4.72 Å². The Morgan fingerprint density at radius 3 is 2.52 bits per heavy atom. The van der Waals surface area contributed by atoms with E-state index in [0.717, 1.165) is 6.07 Å². The number of sulfonamides is 1. The number of carboxylic acid groups (broad SMARTS) is 1. The Morgan fingerprint density at radius 1 is 1.29 bits per heavy atom. The molecular formula is C12H9Br2NO5S. The molecule has 0 aliphatic rings. The van der Waals surface area contributed by atoms with Gasteiger partial charge < -0.3 is 9.52 Å². The average molecular weight is 439 g/mol. The van der Waals surface area contributed by atoms with E-state index in [1.165, 1.54) is 6.92 Å². The lowest BCUT2D eigenvalue weighted by atomic mass is 10.3. The van der Waals surface area contributed by atoms with Gasteiger partial charge in [-0.25, -0.2) is 13.2 Å². The summed E-state index contributed by atoms with van der Waals surface area (Å²) in [5.74, 6) is -1.75. The van der Waals surface area contributed by atoms with Crippen LogP contribution in [0.1, 0.15) is 16.3 Å². The summed E-state index contributed by atoms with van der Waals surface area (Å²) < 4.78 is 33.2. The molecule has 1 heterocycles. The SMILES string of the molecule is Cc1oc(C(=O)O)cc1S(=O)(=O)Nc1cc(Br)ccc1Br. The molecule has 0 fully saturated rings. The van der Waals surface area contributed by atoms with Gasteiger partial charge in [0.15, 0.2) is 0 Å². The van der Waals surface area contributed by atoms with E-state index < -0.39 is 21.8 Å². The highest BCUT2D eigenvalue weighted by atomic mass is 79.9. The van der Waals surface area contributed by atoms with Crippen LogP contribution in [0.2, 0.25) is 0 Å². The van der Waals surface area contributed by atoms with Crippen LogP contribution in [-0.4, -0.2) is 19.5 Å². The number of carbonyl (C=O) groups is 1. The number of rotatable bonds is 4. The van der Waals surface area contributed by atoms with E-state index in [2.05, 4.69) is 36.6 Å². The Kier molecular flexibility index (Phi) is 4.45. The molecule has 2 N–H and O–H groups in total. The third-order valence-corrected chi connectivity index (χ3v) is 5.20. The summed E-state index contributed by atoms with van der Waals surface area (Å²) in [5, 5.41) is 8.84. The summed E-state index contributed by atoms with van der Waals surface area (Å²) in [6, 6.07) is 5.97. The molecule has 6 nitrogen and oxygen atoms in total. The van der Waals surface area contributed by atoms with Gasteiger partial charge >= 0.3 is 5.97 Å². The zero-order chi connectivity index (χ0) is 15.8. The van der Waals surface area contributed by atoms with E-state index in [-0.39, 0.29) is 10.7 Å². The first-order valence-corrected chi connectivity index (χ1v) is 8.59. The smallest absolute Gasteiger partial charge is 0.371 e. The predicted molar refractivity (Wildman–Crippen MR) is 83.1 cm³/mol. The first-order valence-electron chi connectivity index (χ1n) is 5.52. The molecule has 2 rings (SSSR count). The number of furan rings is 1. The molecule has 0 aliphatic carbocycles. The third-order valence-electron chi connectivity index (χ3n) is 2.55. The Hall–Kier alpha value is -1.32. The van der Waals surface area contributed by atoms with Crippen LogP contribution in [0.5, 0.6) is 0 Å². The molecule has 0 amide bonds. The number of aryl methyl sites for hydroxylation is 1. The molecular weight excluding hydrogens is 430 g/mol. The predicted octanol–water partition coefficient (Wildman–Crippen LogP) is 3.61. The fraction of sp³-hybridized carbons (Fsp3) is 0.0833. The van der Waals surface area contributed by atoms with Crippen LogP contribution < -0.4 is 4.72 Å². The molecule has 0 radical (unpaired) electrons. The van der Waals surface area contributed by atoms with E-state index in [9.17, 15) is 13.2 Å². The fourth-order valence-corrected chi connectivity index (χ4v) is 3.70. The summed E-state index contributed by atoms with van der Waals surface area (Å²) >= 11 is 6.48. The number of hydrogen-bond acceptors (Lipinski definition) is 4. The zero-order valence-electron chi connectivity index (χ0n) is 10.6. The molecule has 21 heavy (non-hydrogen) atoms. The lowest BCUT2D eigenvalue weighted by molar-refractivity contribution is 0.0661. The number of nitrogens with one attached hydrogen (secondary N) is 1. The second kappa shape index (κ2) is 5.82. The second-order valence-electron chi connectivity index (χ2n) is 4.07. The minimum atomic E-state index is -3.95. The number of hydrogen-bond donors (Lipinski definition) is 2. The molecule has 1 aromatic carbocycles. The van der Waals surface area contributed by atoms with Crippen molar-refractivity contribution in [2.24, 2.45) is 0 Å². The number of halogens is 2. The molecule has 0 saturated carbocycles. The van der Waals surface area contributed by atoms with E-state index in [4.69, 9.17) is 9.52 Å². The quantitative estimate of drug-likeness (QED) is 0.759. The summed E-state index contributed by atoms with van der Waals surface area (Å²) in [6.07, 6.45) is 0. The van der Waals surface area contributed by atoms with Crippen molar-refractivity contribution in [3.8, 4) is 0 Å². The molecule has 0 spiro atoms. The molecule has 2 aromatic rings. The average Bonchev–Trinajstić information content (AvgIpc) is 2.77. The molecule has 0 aliphatic heterocycles. The number of benzene rings is 1. The van der Waals surface area contributed by atoms with Gasteiger partial charge in [0.25, 0.3) is 10.0 Å². The van der Waals surface area contributed by atoms with Crippen molar-refractivity contribution in [2.75, 3.05) is 4.72 Å². The molecule has 112 valence electrons. The van der Waals surface area contributed by atoms with E-state index in [1.54, 1.807) is 18.2 Å². The van der Waals surface area contributed by atoms with Crippen molar-refractivity contribution in [3.05, 3.63) is 44.7 Å². The Bertz CT molecular complexity index is 813. The third kappa shape index (κ3) is 3.47. The standard InChI is InChI=1S/C12H9Br2NO5S/c1-6-11(5-10(20-6)12(16)17)21(18,19)15-9-4-7(13)2-3-8(9)14/h2-5,15H,1H3,(H,16,17). The largest absolute Gasteiger partial charge is 0.475 e. The first-order chi connectivity index (χ1) is 9.70. The van der Waals surface area contributed by atoms with Crippen LogP contribution in [-0.2, 0) is 10.0 Å². The van der Waals surface area contributed by atoms with Gasteiger partial charge in [0.05, 0.1) is 5.69 Å². The normalized spacial score (nSPS) is 11.4. The zero-order valence-corrected chi connectivity index (χ0v) is 14.5. The molecule has 0 bridgehead atoms. The van der Waals surface area contributed by atoms with Crippen molar-refractivity contribution in [1.82, 2.24) is 0 Å². The Labute approximate surface area is 137 Å².